The van der Waals surface area contributed by atoms with E-state index in [1.165, 1.54) is 6.07 Å². The molecule has 2 aromatic rings. The van der Waals surface area contributed by atoms with Gasteiger partial charge in [-0.15, -0.1) is 0 Å². The first-order chi connectivity index (χ1) is 11.5. The third-order valence-corrected chi connectivity index (χ3v) is 3.72. The average Bonchev–Trinajstić information content (AvgIpc) is 2.61. The van der Waals surface area contributed by atoms with Crippen molar-refractivity contribution in [3.63, 3.8) is 0 Å². The first-order valence-corrected chi connectivity index (χ1v) is 7.64. The molecule has 1 aliphatic heterocycles. The van der Waals surface area contributed by atoms with Gasteiger partial charge in [0.05, 0.1) is 5.71 Å². The van der Waals surface area contributed by atoms with Gasteiger partial charge in [0, 0.05) is 10.6 Å². The summed E-state index contributed by atoms with van der Waals surface area (Å²) in [5, 5.41) is 14.3. The number of nitrogens with zero attached hydrogens (tertiary/aromatic N) is 1. The highest BCUT2D eigenvalue weighted by Gasteiger charge is 2.27. The molecule has 1 amide bonds. The second-order valence-corrected chi connectivity index (χ2v) is 5.64. The van der Waals surface area contributed by atoms with Gasteiger partial charge in [0.2, 0.25) is 6.10 Å². The van der Waals surface area contributed by atoms with Crippen LogP contribution in [0.5, 0.6) is 17.2 Å². The number of rotatable bonds is 3. The SMILES string of the molecule is C/C(=N\NC(=O)[C@H]1COc2ccccc2O1)c1cc(Cl)ccc1O. The number of hydrazone groups is 1. The molecule has 0 saturated carbocycles. The zero-order valence-electron chi connectivity index (χ0n) is 12.8. The maximum absolute atomic E-state index is 12.2. The van der Waals surface area contributed by atoms with E-state index < -0.39 is 12.0 Å². The molecule has 0 saturated heterocycles. The molecule has 0 aromatic heterocycles. The summed E-state index contributed by atoms with van der Waals surface area (Å²) in [5.74, 6) is 0.702. The van der Waals surface area contributed by atoms with Gasteiger partial charge >= 0.3 is 0 Å². The second kappa shape index (κ2) is 6.80. The maximum Gasteiger partial charge on any atom is 0.284 e. The molecular weight excluding hydrogens is 332 g/mol. The Morgan fingerprint density at radius 2 is 2.04 bits per heavy atom. The number of benzene rings is 2. The first kappa shape index (κ1) is 16.1. The second-order valence-electron chi connectivity index (χ2n) is 5.20. The number of ether oxygens (including phenoxy) is 2. The van der Waals surface area contributed by atoms with Gasteiger partial charge in [-0.2, -0.15) is 5.10 Å². The minimum absolute atomic E-state index is 0.0288. The Balaban J connectivity index is 1.68. The van der Waals surface area contributed by atoms with Crippen molar-refractivity contribution in [1.82, 2.24) is 5.43 Å². The Bertz CT molecular complexity index is 807. The molecule has 6 nitrogen and oxygen atoms in total. The fourth-order valence-corrected chi connectivity index (χ4v) is 2.39. The van der Waals surface area contributed by atoms with Crippen molar-refractivity contribution in [2.24, 2.45) is 5.10 Å². The first-order valence-electron chi connectivity index (χ1n) is 7.26. The van der Waals surface area contributed by atoms with Gasteiger partial charge in [-0.05, 0) is 37.3 Å². The van der Waals surface area contributed by atoms with E-state index in [1.807, 2.05) is 6.07 Å². The number of carbonyl (C=O) groups excluding carboxylic acids is 1. The molecule has 0 fully saturated rings. The molecule has 1 aliphatic rings. The summed E-state index contributed by atoms with van der Waals surface area (Å²) in [7, 11) is 0. The van der Waals surface area contributed by atoms with Crippen molar-refractivity contribution in [2.75, 3.05) is 6.61 Å². The van der Waals surface area contributed by atoms with Gasteiger partial charge in [-0.3, -0.25) is 4.79 Å². The van der Waals surface area contributed by atoms with Crippen LogP contribution in [0.3, 0.4) is 0 Å². The maximum atomic E-state index is 12.2. The Morgan fingerprint density at radius 1 is 1.29 bits per heavy atom. The number of phenolic OH excluding ortho intramolecular Hbond substituents is 1. The standard InChI is InChI=1S/C17H15ClN2O4/c1-10(12-8-11(18)6-7-13(12)21)19-20-17(22)16-9-23-14-4-2-3-5-15(14)24-16/h2-8,16,21H,9H2,1H3,(H,20,22)/b19-10+/t16-/m1/s1. The van der Waals surface area contributed by atoms with Crippen LogP contribution in [0.25, 0.3) is 0 Å². The lowest BCUT2D eigenvalue weighted by Gasteiger charge is -2.24. The minimum atomic E-state index is -0.801. The molecule has 2 N–H and O–H groups in total. The topological polar surface area (TPSA) is 80.2 Å². The quantitative estimate of drug-likeness (QED) is 0.661. The molecule has 3 rings (SSSR count). The zero-order chi connectivity index (χ0) is 17.1. The van der Waals surface area contributed by atoms with E-state index in [0.717, 1.165) is 0 Å². The Morgan fingerprint density at radius 3 is 2.83 bits per heavy atom. The highest BCUT2D eigenvalue weighted by atomic mass is 35.5. The van der Waals surface area contributed by atoms with Crippen LogP contribution in [-0.2, 0) is 4.79 Å². The molecule has 124 valence electrons. The van der Waals surface area contributed by atoms with Crippen molar-refractivity contribution in [1.29, 1.82) is 0 Å². The summed E-state index contributed by atoms with van der Waals surface area (Å²) in [6.45, 7) is 1.75. The van der Waals surface area contributed by atoms with E-state index in [1.54, 1.807) is 37.3 Å². The van der Waals surface area contributed by atoms with Crippen molar-refractivity contribution in [2.45, 2.75) is 13.0 Å². The number of fused-ring (bicyclic) bond motifs is 1. The molecular formula is C17H15ClN2O4. The normalized spacial score (nSPS) is 16.6. The molecule has 2 aromatic carbocycles. The minimum Gasteiger partial charge on any atom is -0.507 e. The summed E-state index contributed by atoms with van der Waals surface area (Å²) in [6.07, 6.45) is -0.801. The van der Waals surface area contributed by atoms with Gasteiger partial charge < -0.3 is 14.6 Å². The van der Waals surface area contributed by atoms with Crippen LogP contribution in [-0.4, -0.2) is 29.4 Å². The molecule has 24 heavy (non-hydrogen) atoms. The van der Waals surface area contributed by atoms with Crippen LogP contribution < -0.4 is 14.9 Å². The third-order valence-electron chi connectivity index (χ3n) is 3.48. The van der Waals surface area contributed by atoms with Gasteiger partial charge in [0.15, 0.2) is 11.5 Å². The number of phenols is 1. The smallest absolute Gasteiger partial charge is 0.284 e. The molecule has 0 aliphatic carbocycles. The predicted octanol–water partition coefficient (Wildman–Crippen LogP) is 2.73. The number of hydrogen-bond donors (Lipinski definition) is 2. The number of amides is 1. The van der Waals surface area contributed by atoms with Gasteiger partial charge in [-0.25, -0.2) is 5.43 Å². The summed E-state index contributed by atoms with van der Waals surface area (Å²) >= 11 is 5.90. The summed E-state index contributed by atoms with van der Waals surface area (Å²) < 4.78 is 11.1. The number of aromatic hydroxyl groups is 1. The van der Waals surface area contributed by atoms with Crippen LogP contribution >= 0.6 is 11.6 Å². The van der Waals surface area contributed by atoms with Crippen LogP contribution in [0.4, 0.5) is 0 Å². The average molecular weight is 347 g/mol. The Hall–Kier alpha value is -2.73. The lowest BCUT2D eigenvalue weighted by molar-refractivity contribution is -0.130. The zero-order valence-corrected chi connectivity index (χ0v) is 13.6. The molecule has 0 radical (unpaired) electrons. The monoisotopic (exact) mass is 346 g/mol. The van der Waals surface area contributed by atoms with E-state index in [9.17, 15) is 9.90 Å². The number of halogens is 1. The lowest BCUT2D eigenvalue weighted by Crippen LogP contribution is -2.42. The summed E-state index contributed by atoms with van der Waals surface area (Å²) in [5.41, 5.74) is 3.27. The van der Waals surface area contributed by atoms with E-state index >= 15 is 0 Å². The molecule has 1 atom stereocenters. The summed E-state index contributed by atoms with van der Waals surface area (Å²) in [4.78, 5) is 12.2. The lowest BCUT2D eigenvalue weighted by atomic mass is 10.1. The van der Waals surface area contributed by atoms with Crippen molar-refractivity contribution in [3.05, 3.63) is 53.1 Å². The fraction of sp³-hybridized carbons (Fsp3) is 0.176. The van der Waals surface area contributed by atoms with E-state index in [2.05, 4.69) is 10.5 Å². The third kappa shape index (κ3) is 3.44. The highest BCUT2D eigenvalue weighted by Crippen LogP contribution is 2.30. The Kier molecular flexibility index (Phi) is 4.57. The van der Waals surface area contributed by atoms with Crippen molar-refractivity contribution in [3.8, 4) is 17.2 Å². The molecule has 0 spiro atoms. The van der Waals surface area contributed by atoms with Crippen LogP contribution in [0.15, 0.2) is 47.6 Å². The van der Waals surface area contributed by atoms with E-state index in [0.29, 0.717) is 27.8 Å². The molecule has 1 heterocycles. The number of carbonyl (C=O) groups is 1. The van der Waals surface area contributed by atoms with Crippen LogP contribution in [0.1, 0.15) is 12.5 Å². The van der Waals surface area contributed by atoms with Crippen molar-refractivity contribution < 1.29 is 19.4 Å². The largest absolute Gasteiger partial charge is 0.507 e. The van der Waals surface area contributed by atoms with Gasteiger partial charge in [0.1, 0.15) is 12.4 Å². The molecule has 7 heteroatoms. The predicted molar refractivity (Wildman–Crippen MR) is 89.8 cm³/mol. The number of nitrogens with one attached hydrogen (secondary N) is 1. The number of para-hydroxylation sites is 2. The summed E-state index contributed by atoms with van der Waals surface area (Å²) in [6, 6.07) is 11.7. The van der Waals surface area contributed by atoms with Crippen LogP contribution in [0, 0.1) is 0 Å². The van der Waals surface area contributed by atoms with E-state index in [-0.39, 0.29) is 12.4 Å². The highest BCUT2D eigenvalue weighted by molar-refractivity contribution is 6.31. The van der Waals surface area contributed by atoms with Crippen LogP contribution in [0.2, 0.25) is 5.02 Å². The molecule has 0 bridgehead atoms. The van der Waals surface area contributed by atoms with Gasteiger partial charge in [0.25, 0.3) is 5.91 Å². The van der Waals surface area contributed by atoms with E-state index in [4.69, 9.17) is 21.1 Å². The fourth-order valence-electron chi connectivity index (χ4n) is 2.22. The van der Waals surface area contributed by atoms with Crippen molar-refractivity contribution >= 4 is 23.2 Å². The molecule has 0 unspecified atom stereocenters. The van der Waals surface area contributed by atoms with Gasteiger partial charge in [-0.1, -0.05) is 23.7 Å². The number of hydrogen-bond acceptors (Lipinski definition) is 5. The Labute approximate surface area is 143 Å².